The molecule has 2 aromatic rings. The average Bonchev–Trinajstić information content (AvgIpc) is 2.61. The van der Waals surface area contributed by atoms with Crippen molar-refractivity contribution in [3.8, 4) is 17.2 Å². The van der Waals surface area contributed by atoms with Gasteiger partial charge in [-0.25, -0.2) is 0 Å². The lowest BCUT2D eigenvalue weighted by Crippen LogP contribution is -2.12. The summed E-state index contributed by atoms with van der Waals surface area (Å²) in [6.45, 7) is 0. The van der Waals surface area contributed by atoms with Crippen LogP contribution in [0.25, 0.3) is 0 Å². The van der Waals surface area contributed by atoms with Crippen LogP contribution in [0.15, 0.2) is 48.5 Å². The van der Waals surface area contributed by atoms with E-state index in [1.54, 1.807) is 18.2 Å². The molecule has 0 fully saturated rings. The molecule has 2 rings (SSSR count). The van der Waals surface area contributed by atoms with Crippen molar-refractivity contribution in [2.24, 2.45) is 0 Å². The molecule has 2 N–H and O–H groups in total. The van der Waals surface area contributed by atoms with Crippen LogP contribution in [0, 0.1) is 0 Å². The minimum Gasteiger partial charge on any atom is -0.494 e. The number of aliphatic carboxylic acids is 1. The first-order valence-electron chi connectivity index (χ1n) is 8.01. The van der Waals surface area contributed by atoms with Crippen molar-refractivity contribution in [2.45, 2.75) is 25.7 Å². The number of hydrogen-bond donors (Lipinski definition) is 2. The highest BCUT2D eigenvalue weighted by Crippen LogP contribution is 2.31. The van der Waals surface area contributed by atoms with Crippen molar-refractivity contribution >= 4 is 17.6 Å². The van der Waals surface area contributed by atoms with Gasteiger partial charge in [0.1, 0.15) is 17.2 Å². The molecule has 0 atom stereocenters. The number of ether oxygens (including phenoxy) is 2. The summed E-state index contributed by atoms with van der Waals surface area (Å²) in [6.07, 6.45) is 1.33. The molecule has 0 unspecified atom stereocenters. The Morgan fingerprint density at radius 2 is 1.72 bits per heavy atom. The van der Waals surface area contributed by atoms with Gasteiger partial charge in [-0.05, 0) is 37.1 Å². The number of methoxy groups -OCH3 is 1. The van der Waals surface area contributed by atoms with Gasteiger partial charge in [-0.1, -0.05) is 18.2 Å². The van der Waals surface area contributed by atoms with E-state index < -0.39 is 5.97 Å². The Kier molecular flexibility index (Phi) is 6.83. The zero-order valence-corrected chi connectivity index (χ0v) is 14.0. The van der Waals surface area contributed by atoms with E-state index in [1.807, 2.05) is 30.3 Å². The monoisotopic (exact) mass is 343 g/mol. The number of unbranched alkanes of at least 4 members (excludes halogenated alkanes) is 1. The van der Waals surface area contributed by atoms with E-state index in [0.717, 1.165) is 0 Å². The van der Waals surface area contributed by atoms with E-state index in [0.29, 0.717) is 35.8 Å². The molecule has 0 aromatic heterocycles. The third-order valence-electron chi connectivity index (χ3n) is 3.47. The van der Waals surface area contributed by atoms with Crippen LogP contribution in [0.3, 0.4) is 0 Å². The van der Waals surface area contributed by atoms with Crippen LogP contribution in [-0.2, 0) is 9.59 Å². The molecule has 0 bridgehead atoms. The maximum absolute atomic E-state index is 12.0. The topological polar surface area (TPSA) is 84.9 Å². The number of carboxylic acid groups (broad SMARTS) is 1. The third-order valence-corrected chi connectivity index (χ3v) is 3.47. The SMILES string of the molecule is COc1cc(Oc2ccccc2)ccc1NC(=O)CCCCC(=O)O. The molecule has 2 aromatic carbocycles. The van der Waals surface area contributed by atoms with E-state index in [4.69, 9.17) is 14.6 Å². The molecule has 0 aliphatic carbocycles. The number of benzene rings is 2. The van der Waals surface area contributed by atoms with Crippen LogP contribution in [0.5, 0.6) is 17.2 Å². The maximum atomic E-state index is 12.0. The van der Waals surface area contributed by atoms with E-state index in [-0.39, 0.29) is 18.7 Å². The van der Waals surface area contributed by atoms with Gasteiger partial charge in [-0.3, -0.25) is 9.59 Å². The Hall–Kier alpha value is -3.02. The highest BCUT2D eigenvalue weighted by molar-refractivity contribution is 5.92. The third kappa shape index (κ3) is 6.18. The van der Waals surface area contributed by atoms with Gasteiger partial charge in [0.2, 0.25) is 5.91 Å². The molecule has 0 saturated heterocycles. The summed E-state index contributed by atoms with van der Waals surface area (Å²) in [5.41, 5.74) is 0.547. The van der Waals surface area contributed by atoms with Crippen LogP contribution < -0.4 is 14.8 Å². The number of hydrogen-bond acceptors (Lipinski definition) is 4. The second kappa shape index (κ2) is 9.32. The lowest BCUT2D eigenvalue weighted by Gasteiger charge is -2.12. The average molecular weight is 343 g/mol. The molecule has 6 nitrogen and oxygen atoms in total. The number of para-hydroxylation sites is 1. The second-order valence-corrected chi connectivity index (χ2v) is 5.43. The number of anilines is 1. The fraction of sp³-hybridized carbons (Fsp3) is 0.263. The van der Waals surface area contributed by atoms with Gasteiger partial charge in [0.05, 0.1) is 12.8 Å². The van der Waals surface area contributed by atoms with Gasteiger partial charge in [0, 0.05) is 18.9 Å². The van der Waals surface area contributed by atoms with Crippen LogP contribution >= 0.6 is 0 Å². The summed E-state index contributed by atoms with van der Waals surface area (Å²) in [4.78, 5) is 22.4. The molecule has 1 amide bonds. The highest BCUT2D eigenvalue weighted by atomic mass is 16.5. The van der Waals surface area contributed by atoms with Crippen LogP contribution in [0.2, 0.25) is 0 Å². The van der Waals surface area contributed by atoms with Gasteiger partial charge in [0.15, 0.2) is 0 Å². The molecule has 25 heavy (non-hydrogen) atoms. The molecule has 0 aliphatic heterocycles. The van der Waals surface area contributed by atoms with Crippen molar-refractivity contribution in [3.05, 3.63) is 48.5 Å². The van der Waals surface area contributed by atoms with Crippen molar-refractivity contribution in [2.75, 3.05) is 12.4 Å². The largest absolute Gasteiger partial charge is 0.494 e. The van der Waals surface area contributed by atoms with Gasteiger partial charge < -0.3 is 19.9 Å². The normalized spacial score (nSPS) is 10.1. The Balaban J connectivity index is 1.94. The molecule has 0 aliphatic rings. The second-order valence-electron chi connectivity index (χ2n) is 5.43. The molecular formula is C19H21NO5. The van der Waals surface area contributed by atoms with Crippen LogP contribution in [0.4, 0.5) is 5.69 Å². The van der Waals surface area contributed by atoms with Crippen LogP contribution in [0.1, 0.15) is 25.7 Å². The van der Waals surface area contributed by atoms with Crippen molar-refractivity contribution in [1.82, 2.24) is 0 Å². The Labute approximate surface area is 146 Å². The molecule has 0 saturated carbocycles. The summed E-state index contributed by atoms with van der Waals surface area (Å²) in [7, 11) is 1.52. The molecule has 0 heterocycles. The number of amides is 1. The number of rotatable bonds is 9. The van der Waals surface area contributed by atoms with E-state index >= 15 is 0 Å². The summed E-state index contributed by atoms with van der Waals surface area (Å²) in [6, 6.07) is 14.5. The molecule has 6 heteroatoms. The first-order valence-corrected chi connectivity index (χ1v) is 8.01. The first kappa shape index (κ1) is 18.3. The predicted octanol–water partition coefficient (Wildman–Crippen LogP) is 4.07. The van der Waals surface area contributed by atoms with Crippen molar-refractivity contribution in [1.29, 1.82) is 0 Å². The number of nitrogens with one attached hydrogen (secondary N) is 1. The zero-order chi connectivity index (χ0) is 18.1. The van der Waals surface area contributed by atoms with Gasteiger partial charge >= 0.3 is 5.97 Å². The summed E-state index contributed by atoms with van der Waals surface area (Å²) in [5, 5.41) is 11.4. The van der Waals surface area contributed by atoms with Crippen LogP contribution in [-0.4, -0.2) is 24.1 Å². The van der Waals surface area contributed by atoms with Gasteiger partial charge in [-0.2, -0.15) is 0 Å². The number of carbonyl (C=O) groups excluding carboxylic acids is 1. The minimum atomic E-state index is -0.851. The summed E-state index contributed by atoms with van der Waals surface area (Å²) < 4.78 is 11.0. The smallest absolute Gasteiger partial charge is 0.303 e. The molecule has 132 valence electrons. The van der Waals surface area contributed by atoms with Gasteiger partial charge in [0.25, 0.3) is 0 Å². The first-order chi connectivity index (χ1) is 12.1. The van der Waals surface area contributed by atoms with Crippen molar-refractivity contribution < 1.29 is 24.2 Å². The molecule has 0 spiro atoms. The Morgan fingerprint density at radius 1 is 1.00 bits per heavy atom. The van der Waals surface area contributed by atoms with Crippen molar-refractivity contribution in [3.63, 3.8) is 0 Å². The Bertz CT molecular complexity index is 715. The van der Waals surface area contributed by atoms with Gasteiger partial charge in [-0.15, -0.1) is 0 Å². The molecular weight excluding hydrogens is 322 g/mol. The maximum Gasteiger partial charge on any atom is 0.303 e. The zero-order valence-electron chi connectivity index (χ0n) is 14.0. The highest BCUT2D eigenvalue weighted by Gasteiger charge is 2.10. The lowest BCUT2D eigenvalue weighted by molar-refractivity contribution is -0.137. The van der Waals surface area contributed by atoms with E-state index in [2.05, 4.69) is 5.32 Å². The fourth-order valence-electron chi connectivity index (χ4n) is 2.24. The van der Waals surface area contributed by atoms with E-state index in [9.17, 15) is 9.59 Å². The van der Waals surface area contributed by atoms with E-state index in [1.165, 1.54) is 7.11 Å². The minimum absolute atomic E-state index is 0.0716. The summed E-state index contributed by atoms with van der Waals surface area (Å²) >= 11 is 0. The Morgan fingerprint density at radius 3 is 2.40 bits per heavy atom. The standard InChI is InChI=1S/C19H21NO5/c1-24-17-13-15(25-14-7-3-2-4-8-14)11-12-16(17)20-18(21)9-5-6-10-19(22)23/h2-4,7-8,11-13H,5-6,9-10H2,1H3,(H,20,21)(H,22,23). The predicted molar refractivity (Wildman–Crippen MR) is 94.2 cm³/mol. The summed E-state index contributed by atoms with van der Waals surface area (Å²) in [5.74, 6) is 0.770. The number of carboxylic acids is 1. The number of carbonyl (C=O) groups is 2. The fourth-order valence-corrected chi connectivity index (χ4v) is 2.24. The quantitative estimate of drug-likeness (QED) is 0.670. The molecule has 0 radical (unpaired) electrons. The lowest BCUT2D eigenvalue weighted by atomic mass is 10.2.